The maximum atomic E-state index is 4.93. The molecule has 10 radical (unpaired) electrons. The summed E-state index contributed by atoms with van der Waals surface area (Å²) in [6.45, 7) is 19.3. The van der Waals surface area contributed by atoms with Crippen molar-refractivity contribution in [2.45, 2.75) is 54.6 Å². The Morgan fingerprint density at radius 3 is 1.23 bits per heavy atom. The second kappa shape index (κ2) is 14.5. The van der Waals surface area contributed by atoms with Crippen LogP contribution in [-0.4, -0.2) is 8.07 Å². The van der Waals surface area contributed by atoms with Crippen LogP contribution in [0, 0.1) is 71.3 Å². The summed E-state index contributed by atoms with van der Waals surface area (Å²) < 4.78 is 0. The van der Waals surface area contributed by atoms with Gasteiger partial charge in [-0.2, -0.15) is 0 Å². The van der Waals surface area contributed by atoms with Gasteiger partial charge in [0.25, 0.3) is 0 Å². The van der Waals surface area contributed by atoms with Crippen LogP contribution in [0.3, 0.4) is 0 Å². The van der Waals surface area contributed by atoms with E-state index in [2.05, 4.69) is 152 Å². The number of halogens is 2. The minimum absolute atomic E-state index is 0.459. The molecule has 6 rings (SSSR count). The molecule has 224 valence electrons. The first-order chi connectivity index (χ1) is 21.0. The Bertz CT molecular complexity index is 1300. The van der Waals surface area contributed by atoms with Crippen LogP contribution >= 0.6 is 17.0 Å². The van der Waals surface area contributed by atoms with Gasteiger partial charge < -0.3 is 0 Å². The van der Waals surface area contributed by atoms with Gasteiger partial charge in [0.2, 0.25) is 0 Å². The van der Waals surface area contributed by atoms with E-state index in [9.17, 15) is 0 Å². The Kier molecular flexibility index (Phi) is 11.3. The Hall–Kier alpha value is -0.920. The van der Waals surface area contributed by atoms with E-state index in [1.807, 2.05) is 0 Å². The van der Waals surface area contributed by atoms with E-state index in [0.29, 0.717) is 11.8 Å². The van der Waals surface area contributed by atoms with Crippen LogP contribution in [0.5, 0.6) is 0 Å². The Balaban J connectivity index is 0.00000123. The van der Waals surface area contributed by atoms with Gasteiger partial charge >= 0.3 is 37.9 Å². The molecule has 0 aromatic heterocycles. The predicted molar refractivity (Wildman–Crippen MR) is 190 cm³/mol. The number of hydrogen-bond acceptors (Lipinski definition) is 0. The minimum atomic E-state index is -2.17. The van der Waals surface area contributed by atoms with Crippen molar-refractivity contribution in [3.8, 4) is 0 Å². The van der Waals surface area contributed by atoms with Crippen LogP contribution in [0.4, 0.5) is 0 Å². The second-order valence-electron chi connectivity index (χ2n) is 13.1. The number of benzene rings is 2. The van der Waals surface area contributed by atoms with E-state index in [1.54, 1.807) is 11.1 Å². The molecule has 4 aliphatic carbocycles. The molecule has 4 heteroatoms. The van der Waals surface area contributed by atoms with Crippen molar-refractivity contribution >= 4 is 36.2 Å². The fourth-order valence-electron chi connectivity index (χ4n) is 7.54. The summed E-state index contributed by atoms with van der Waals surface area (Å²) >= 11 is -0.826. The summed E-state index contributed by atoms with van der Waals surface area (Å²) in [5, 5.41) is 0. The van der Waals surface area contributed by atoms with E-state index < -0.39 is 28.9 Å². The van der Waals surface area contributed by atoms with Crippen molar-refractivity contribution in [1.29, 1.82) is 0 Å². The van der Waals surface area contributed by atoms with Crippen molar-refractivity contribution in [2.24, 2.45) is 11.8 Å². The van der Waals surface area contributed by atoms with Gasteiger partial charge in [0.05, 0.1) is 8.07 Å². The molecular formula is C40H42Cl2SiZr. The monoisotopic (exact) mass is 710 g/mol. The summed E-state index contributed by atoms with van der Waals surface area (Å²) in [5.41, 5.74) is 11.5. The summed E-state index contributed by atoms with van der Waals surface area (Å²) in [4.78, 5) is 0. The first-order valence-electron chi connectivity index (χ1n) is 15.6. The quantitative estimate of drug-likeness (QED) is 0.262. The van der Waals surface area contributed by atoms with Crippen molar-refractivity contribution < 1.29 is 20.8 Å². The number of hydrogen-bond donors (Lipinski definition) is 0. The van der Waals surface area contributed by atoms with Gasteiger partial charge in [-0.3, -0.25) is 0 Å². The third-order valence-electron chi connectivity index (χ3n) is 9.23. The van der Waals surface area contributed by atoms with Crippen LogP contribution < -0.4 is 0 Å². The summed E-state index contributed by atoms with van der Waals surface area (Å²) in [5.74, 6) is 9.66. The SMILES string of the molecule is C[C]1[CH][C]2[C]([C]1[Si](C)(C)[C]1[C](C)[CH][C]3[C]1C(C(C)C)=CC=C3c1ccccc1)C(C(C)C)=CC=C2c1ccccc1.[Cl][Zr][Cl]. The molecule has 0 saturated heterocycles. The molecule has 0 amide bonds. The van der Waals surface area contributed by atoms with Crippen LogP contribution in [0.2, 0.25) is 13.1 Å². The average molecular weight is 713 g/mol. The molecule has 0 N–H and O–H groups in total. The molecule has 2 fully saturated rings. The van der Waals surface area contributed by atoms with Crippen LogP contribution in [0.1, 0.15) is 52.7 Å². The molecule has 0 bridgehead atoms. The van der Waals surface area contributed by atoms with E-state index in [1.165, 1.54) is 68.9 Å². The summed E-state index contributed by atoms with van der Waals surface area (Å²) in [6.07, 6.45) is 14.5. The normalized spacial score (nSPS) is 21.5. The van der Waals surface area contributed by atoms with Crippen LogP contribution in [0.15, 0.2) is 96.1 Å². The zero-order valence-electron chi connectivity index (χ0n) is 27.1. The molecular weight excluding hydrogens is 671 g/mol. The van der Waals surface area contributed by atoms with Gasteiger partial charge in [0.1, 0.15) is 0 Å². The van der Waals surface area contributed by atoms with Gasteiger partial charge in [-0.25, -0.2) is 0 Å². The molecule has 2 aromatic rings. The van der Waals surface area contributed by atoms with Crippen molar-refractivity contribution in [2.75, 3.05) is 0 Å². The molecule has 0 unspecified atom stereocenters. The molecule has 0 spiro atoms. The number of fused-ring (bicyclic) bond motifs is 2. The van der Waals surface area contributed by atoms with Crippen molar-refractivity contribution in [1.82, 2.24) is 0 Å². The Morgan fingerprint density at radius 1 is 0.568 bits per heavy atom. The fourth-order valence-corrected chi connectivity index (χ4v) is 11.7. The van der Waals surface area contributed by atoms with Crippen LogP contribution in [-0.2, 0) is 20.8 Å². The first-order valence-corrected chi connectivity index (χ1v) is 24.9. The van der Waals surface area contributed by atoms with Gasteiger partial charge in [-0.1, -0.05) is 151 Å². The zero-order chi connectivity index (χ0) is 31.8. The standard InChI is InChI=1S/C40H42Si.2ClH.Zr/c1-25(2)31-19-21-33(29-15-11-9-12-16-29)35-23-27(5)39(37(31)35)41(7,8)40-28(6)24-36-34(30-17-13-10-14-18-30)22-20-32(26(3)4)38(36)40;;;/h9-26H,1-8H3;2*1H;/q;;;+2/p-2. The molecule has 2 saturated carbocycles. The van der Waals surface area contributed by atoms with E-state index in [4.69, 9.17) is 17.0 Å². The topological polar surface area (TPSA) is 0 Å². The van der Waals surface area contributed by atoms with Crippen molar-refractivity contribution in [3.63, 3.8) is 0 Å². The third kappa shape index (κ3) is 6.46. The van der Waals surface area contributed by atoms with Gasteiger partial charge in [-0.05, 0) is 69.9 Å². The average Bonchev–Trinajstić information content (AvgIpc) is 3.54. The van der Waals surface area contributed by atoms with Crippen molar-refractivity contribution in [3.05, 3.63) is 167 Å². The molecule has 0 nitrogen and oxygen atoms in total. The molecule has 0 heterocycles. The van der Waals surface area contributed by atoms with Crippen LogP contribution in [0.25, 0.3) is 11.1 Å². The summed E-state index contributed by atoms with van der Waals surface area (Å²) in [7, 11) is 7.70. The third-order valence-corrected chi connectivity index (χ3v) is 13.0. The predicted octanol–water partition coefficient (Wildman–Crippen LogP) is 11.6. The summed E-state index contributed by atoms with van der Waals surface area (Å²) in [6, 6.07) is 21.9. The van der Waals surface area contributed by atoms with Gasteiger partial charge in [-0.15, -0.1) is 0 Å². The first kappa shape index (κ1) is 34.4. The Morgan fingerprint density at radius 2 is 0.909 bits per heavy atom. The molecule has 0 aliphatic heterocycles. The molecule has 2 aromatic carbocycles. The number of allylic oxidation sites excluding steroid dienone is 8. The van der Waals surface area contributed by atoms with E-state index >= 15 is 0 Å². The zero-order valence-corrected chi connectivity index (χ0v) is 32.1. The molecule has 0 atom stereocenters. The van der Waals surface area contributed by atoms with Gasteiger partial charge in [0.15, 0.2) is 0 Å². The second-order valence-corrected chi connectivity index (χ2v) is 21.1. The molecule has 44 heavy (non-hydrogen) atoms. The number of rotatable bonds is 6. The fraction of sp³-hybridized carbons (Fsp3) is 0.250. The van der Waals surface area contributed by atoms with E-state index in [-0.39, 0.29) is 0 Å². The maximum absolute atomic E-state index is 4.93. The van der Waals surface area contributed by atoms with Gasteiger partial charge in [0, 0.05) is 23.7 Å². The molecule has 4 aliphatic rings. The Labute approximate surface area is 288 Å². The van der Waals surface area contributed by atoms with E-state index in [0.717, 1.165) is 0 Å².